The van der Waals surface area contributed by atoms with E-state index in [-0.39, 0.29) is 18.5 Å². The van der Waals surface area contributed by atoms with Crippen molar-refractivity contribution in [2.24, 2.45) is 5.73 Å². The van der Waals surface area contributed by atoms with Gasteiger partial charge in [0.25, 0.3) is 5.91 Å². The zero-order valence-corrected chi connectivity index (χ0v) is 17.3. The summed E-state index contributed by atoms with van der Waals surface area (Å²) in [5.74, 6) is -0.908. The number of nitrogens with one attached hydrogen (secondary N) is 2. The molecule has 7 nitrogen and oxygen atoms in total. The number of anilines is 1. The van der Waals surface area contributed by atoms with Crippen molar-refractivity contribution in [3.63, 3.8) is 0 Å². The molecular formula is C24H23N3O4. The van der Waals surface area contributed by atoms with Crippen LogP contribution in [0.25, 0.3) is 11.1 Å². The van der Waals surface area contributed by atoms with Gasteiger partial charge >= 0.3 is 5.97 Å². The molecular weight excluding hydrogens is 394 g/mol. The maximum Gasteiger partial charge on any atom is 0.340 e. The van der Waals surface area contributed by atoms with Crippen molar-refractivity contribution < 1.29 is 19.1 Å². The number of amides is 1. The number of nitrogens with two attached hydrogens (primary N) is 1. The third-order valence-corrected chi connectivity index (χ3v) is 4.62. The Bertz CT molecular complexity index is 1120. The van der Waals surface area contributed by atoms with E-state index in [1.165, 1.54) is 7.11 Å². The first-order valence-electron chi connectivity index (χ1n) is 9.52. The van der Waals surface area contributed by atoms with Gasteiger partial charge in [0.15, 0.2) is 6.79 Å². The molecule has 31 heavy (non-hydrogen) atoms. The van der Waals surface area contributed by atoms with Gasteiger partial charge in [0.05, 0.1) is 5.56 Å². The highest BCUT2D eigenvalue weighted by molar-refractivity contribution is 6.10. The Balaban J connectivity index is 1.97. The van der Waals surface area contributed by atoms with Gasteiger partial charge in [-0.15, -0.1) is 0 Å². The van der Waals surface area contributed by atoms with Gasteiger partial charge in [-0.2, -0.15) is 0 Å². The molecule has 0 saturated heterocycles. The summed E-state index contributed by atoms with van der Waals surface area (Å²) in [5.41, 5.74) is 9.46. The molecule has 0 fully saturated rings. The van der Waals surface area contributed by atoms with E-state index < -0.39 is 5.97 Å². The Labute approximate surface area is 180 Å². The minimum Gasteiger partial charge on any atom is -0.435 e. The highest BCUT2D eigenvalue weighted by atomic mass is 16.7. The number of hydrogen-bond acceptors (Lipinski definition) is 5. The first kappa shape index (κ1) is 21.7. The molecule has 1 amide bonds. The Hall–Kier alpha value is -3.97. The van der Waals surface area contributed by atoms with E-state index in [0.29, 0.717) is 33.5 Å². The minimum absolute atomic E-state index is 0.0455. The zero-order valence-electron chi connectivity index (χ0n) is 17.3. The van der Waals surface area contributed by atoms with Crippen molar-refractivity contribution in [3.05, 3.63) is 89.0 Å². The van der Waals surface area contributed by atoms with Gasteiger partial charge in [-0.25, -0.2) is 4.79 Å². The lowest BCUT2D eigenvalue weighted by Gasteiger charge is -2.14. The summed E-state index contributed by atoms with van der Waals surface area (Å²) < 4.78 is 9.92. The number of hydrogen-bond donors (Lipinski definition) is 3. The van der Waals surface area contributed by atoms with Crippen molar-refractivity contribution in [2.75, 3.05) is 19.2 Å². The summed E-state index contributed by atoms with van der Waals surface area (Å²) in [6, 6.07) is 19.1. The lowest BCUT2D eigenvalue weighted by Crippen LogP contribution is -2.15. The molecule has 3 rings (SSSR count). The molecule has 0 saturated carbocycles. The summed E-state index contributed by atoms with van der Waals surface area (Å²) in [6.45, 7) is 1.73. The van der Waals surface area contributed by atoms with Crippen LogP contribution in [0, 0.1) is 12.3 Å². The number of amidine groups is 1. The number of ether oxygens (including phenoxy) is 2. The number of esters is 1. The van der Waals surface area contributed by atoms with E-state index >= 15 is 0 Å². The van der Waals surface area contributed by atoms with Gasteiger partial charge < -0.3 is 20.5 Å². The van der Waals surface area contributed by atoms with Gasteiger partial charge in [-0.3, -0.25) is 10.2 Å². The molecule has 0 spiro atoms. The number of carbonyl (C=O) groups is 2. The highest BCUT2D eigenvalue weighted by Gasteiger charge is 2.19. The molecule has 3 aromatic carbocycles. The van der Waals surface area contributed by atoms with Crippen molar-refractivity contribution in [3.8, 4) is 11.1 Å². The first-order chi connectivity index (χ1) is 14.9. The van der Waals surface area contributed by atoms with Crippen LogP contribution in [-0.4, -0.2) is 31.6 Å². The van der Waals surface area contributed by atoms with Crippen molar-refractivity contribution >= 4 is 23.4 Å². The van der Waals surface area contributed by atoms with Crippen LogP contribution < -0.4 is 11.1 Å². The summed E-state index contributed by atoms with van der Waals surface area (Å²) in [4.78, 5) is 25.6. The number of nitrogen functional groups attached to an aromatic ring is 1. The summed E-state index contributed by atoms with van der Waals surface area (Å²) >= 11 is 0. The maximum atomic E-state index is 13.1. The summed E-state index contributed by atoms with van der Waals surface area (Å²) in [7, 11) is 1.44. The van der Waals surface area contributed by atoms with Crippen molar-refractivity contribution in [1.82, 2.24) is 0 Å². The average molecular weight is 417 g/mol. The number of benzene rings is 3. The number of aryl methyl sites for hydroxylation is 1. The molecule has 0 radical (unpaired) electrons. The first-order valence-corrected chi connectivity index (χ1v) is 9.52. The quantitative estimate of drug-likeness (QED) is 0.233. The van der Waals surface area contributed by atoms with Crippen molar-refractivity contribution in [2.45, 2.75) is 6.92 Å². The Kier molecular flexibility index (Phi) is 6.79. The zero-order chi connectivity index (χ0) is 22.4. The van der Waals surface area contributed by atoms with Gasteiger partial charge in [0.2, 0.25) is 0 Å². The topological polar surface area (TPSA) is 114 Å². The van der Waals surface area contributed by atoms with Gasteiger partial charge in [-0.05, 0) is 54.4 Å². The molecule has 0 heterocycles. The fourth-order valence-electron chi connectivity index (χ4n) is 3.10. The SMILES string of the molecule is COCOC(=O)c1ccccc1-c1ccc(C)cc1C(=O)Nc1ccc(C(=N)N)cc1. The van der Waals surface area contributed by atoms with E-state index in [4.69, 9.17) is 20.6 Å². The smallest absolute Gasteiger partial charge is 0.340 e. The number of rotatable bonds is 7. The summed E-state index contributed by atoms with van der Waals surface area (Å²) in [6.07, 6.45) is 0. The van der Waals surface area contributed by atoms with E-state index in [2.05, 4.69) is 5.32 Å². The molecule has 4 N–H and O–H groups in total. The normalized spacial score (nSPS) is 10.4. The maximum absolute atomic E-state index is 13.1. The van der Waals surface area contributed by atoms with Crippen LogP contribution in [0.5, 0.6) is 0 Å². The predicted molar refractivity (Wildman–Crippen MR) is 119 cm³/mol. The third-order valence-electron chi connectivity index (χ3n) is 4.62. The van der Waals surface area contributed by atoms with Gasteiger partial charge in [-0.1, -0.05) is 35.9 Å². The lowest BCUT2D eigenvalue weighted by atomic mass is 9.93. The van der Waals surface area contributed by atoms with Crippen LogP contribution in [0.3, 0.4) is 0 Å². The van der Waals surface area contributed by atoms with Gasteiger partial charge in [0.1, 0.15) is 5.84 Å². The second-order valence-electron chi connectivity index (χ2n) is 6.88. The standard InChI is InChI=1S/C24H23N3O4/c1-15-7-12-19(18-5-3-4-6-20(18)24(29)31-14-30-2)21(13-15)23(28)27-17-10-8-16(9-11-17)22(25)26/h3-13H,14H2,1-2H3,(H3,25,26)(H,27,28). The highest BCUT2D eigenvalue weighted by Crippen LogP contribution is 2.29. The van der Waals surface area contributed by atoms with E-state index in [0.717, 1.165) is 5.56 Å². The predicted octanol–water partition coefficient (Wildman–Crippen LogP) is 3.96. The fraction of sp³-hybridized carbons (Fsp3) is 0.125. The van der Waals surface area contributed by atoms with Gasteiger partial charge in [0, 0.05) is 23.9 Å². The van der Waals surface area contributed by atoms with Crippen LogP contribution >= 0.6 is 0 Å². The largest absolute Gasteiger partial charge is 0.435 e. The van der Waals surface area contributed by atoms with Crippen LogP contribution in [0.15, 0.2) is 66.7 Å². The monoisotopic (exact) mass is 417 g/mol. The van der Waals surface area contributed by atoms with Crippen molar-refractivity contribution in [1.29, 1.82) is 5.41 Å². The molecule has 0 aromatic heterocycles. The third kappa shape index (κ3) is 5.15. The molecule has 0 aliphatic rings. The van der Waals surface area contributed by atoms with Crippen LogP contribution in [0.2, 0.25) is 0 Å². The second-order valence-corrected chi connectivity index (χ2v) is 6.88. The minimum atomic E-state index is -0.538. The Morgan fingerprint density at radius 1 is 0.968 bits per heavy atom. The van der Waals surface area contributed by atoms with E-state index in [9.17, 15) is 9.59 Å². The molecule has 158 valence electrons. The molecule has 0 bridgehead atoms. The second kappa shape index (κ2) is 9.69. The number of carbonyl (C=O) groups excluding carboxylic acids is 2. The molecule has 0 atom stereocenters. The van der Waals surface area contributed by atoms with Crippen LogP contribution in [0.4, 0.5) is 5.69 Å². The number of methoxy groups -OCH3 is 1. The molecule has 0 aliphatic carbocycles. The summed E-state index contributed by atoms with van der Waals surface area (Å²) in [5, 5.41) is 10.3. The average Bonchev–Trinajstić information content (AvgIpc) is 2.77. The molecule has 7 heteroatoms. The fourth-order valence-corrected chi connectivity index (χ4v) is 3.10. The Morgan fingerprint density at radius 2 is 1.65 bits per heavy atom. The van der Waals surface area contributed by atoms with E-state index in [1.807, 2.05) is 19.1 Å². The lowest BCUT2D eigenvalue weighted by molar-refractivity contribution is -0.0124. The molecule has 0 unspecified atom stereocenters. The molecule has 3 aromatic rings. The Morgan fingerprint density at radius 3 is 2.32 bits per heavy atom. The molecule has 0 aliphatic heterocycles. The van der Waals surface area contributed by atoms with E-state index in [1.54, 1.807) is 54.6 Å². The van der Waals surface area contributed by atoms with Crippen LogP contribution in [0.1, 0.15) is 31.8 Å². The van der Waals surface area contributed by atoms with Crippen LogP contribution in [-0.2, 0) is 9.47 Å².